The molecule has 1 aromatic heterocycles. The first kappa shape index (κ1) is 14.3. The monoisotopic (exact) mass is 321 g/mol. The normalized spacial score (nSPS) is 13.7. The lowest BCUT2D eigenvalue weighted by atomic mass is 10.0. The van der Waals surface area contributed by atoms with Crippen LogP contribution in [-0.4, -0.2) is 40.5 Å². The van der Waals surface area contributed by atoms with Gasteiger partial charge in [-0.05, 0) is 30.3 Å². The second kappa shape index (κ2) is 5.13. The average Bonchev–Trinajstić information content (AvgIpc) is 2.89. The summed E-state index contributed by atoms with van der Waals surface area (Å²) in [6.07, 6.45) is 0. The number of carbonyl (C=O) groups is 1. The maximum Gasteiger partial charge on any atom is 0.335 e. The van der Waals surface area contributed by atoms with Crippen molar-refractivity contribution in [2.45, 2.75) is 0 Å². The van der Waals surface area contributed by atoms with Crippen LogP contribution in [0.25, 0.3) is 10.9 Å². The molecule has 2 aromatic carbocycles. The van der Waals surface area contributed by atoms with E-state index in [0.717, 1.165) is 11.4 Å². The van der Waals surface area contributed by atoms with Gasteiger partial charge in [-0.2, -0.15) is 0 Å². The highest BCUT2D eigenvalue weighted by Gasteiger charge is 2.23. The SMILES string of the molecule is CN1CC(c2c(O)[nH]c3ccc(C(=O)O)cc23)=Nc2ccccc21. The molecule has 0 atom stereocenters. The minimum atomic E-state index is -1.00. The first-order valence-electron chi connectivity index (χ1n) is 7.50. The molecule has 0 fully saturated rings. The maximum atomic E-state index is 11.2. The van der Waals surface area contributed by atoms with Gasteiger partial charge in [0.1, 0.15) is 0 Å². The Balaban J connectivity index is 1.94. The number of H-pyrrole nitrogens is 1. The van der Waals surface area contributed by atoms with E-state index in [0.29, 0.717) is 28.7 Å². The van der Waals surface area contributed by atoms with Crippen molar-refractivity contribution in [2.24, 2.45) is 4.99 Å². The first-order valence-corrected chi connectivity index (χ1v) is 7.50. The third-order valence-electron chi connectivity index (χ3n) is 4.25. The Kier molecular flexibility index (Phi) is 3.06. The van der Waals surface area contributed by atoms with Crippen LogP contribution in [0.5, 0.6) is 5.88 Å². The number of aromatic nitrogens is 1. The summed E-state index contributed by atoms with van der Waals surface area (Å²) >= 11 is 0. The van der Waals surface area contributed by atoms with Crippen LogP contribution in [0.2, 0.25) is 0 Å². The van der Waals surface area contributed by atoms with E-state index in [4.69, 9.17) is 0 Å². The molecule has 0 bridgehead atoms. The Bertz CT molecular complexity index is 1000. The summed E-state index contributed by atoms with van der Waals surface area (Å²) in [7, 11) is 1.96. The number of carboxylic acid groups (broad SMARTS) is 1. The number of nitrogens with one attached hydrogen (secondary N) is 1. The number of aliphatic imine (C=N–C) groups is 1. The van der Waals surface area contributed by atoms with Crippen molar-refractivity contribution in [2.75, 3.05) is 18.5 Å². The van der Waals surface area contributed by atoms with Crippen molar-refractivity contribution in [3.8, 4) is 5.88 Å². The number of likely N-dealkylation sites (N-methyl/N-ethyl adjacent to an activating group) is 1. The Morgan fingerprint density at radius 3 is 2.83 bits per heavy atom. The van der Waals surface area contributed by atoms with Gasteiger partial charge in [-0.1, -0.05) is 12.1 Å². The van der Waals surface area contributed by atoms with Gasteiger partial charge in [0.2, 0.25) is 0 Å². The zero-order valence-corrected chi connectivity index (χ0v) is 12.9. The van der Waals surface area contributed by atoms with Crippen molar-refractivity contribution >= 4 is 34.0 Å². The van der Waals surface area contributed by atoms with E-state index in [-0.39, 0.29) is 11.4 Å². The Morgan fingerprint density at radius 2 is 2.04 bits per heavy atom. The largest absolute Gasteiger partial charge is 0.494 e. The second-order valence-corrected chi connectivity index (χ2v) is 5.82. The van der Waals surface area contributed by atoms with E-state index in [2.05, 4.69) is 14.9 Å². The zero-order valence-electron chi connectivity index (χ0n) is 12.9. The Morgan fingerprint density at radius 1 is 1.25 bits per heavy atom. The van der Waals surface area contributed by atoms with Crippen molar-refractivity contribution < 1.29 is 15.0 Å². The summed E-state index contributed by atoms with van der Waals surface area (Å²) in [5.41, 5.74) is 3.94. The molecule has 0 unspecified atom stereocenters. The molecule has 1 aliphatic heterocycles. The summed E-state index contributed by atoms with van der Waals surface area (Å²) in [5.74, 6) is -1.00. The number of hydrogen-bond acceptors (Lipinski definition) is 4. The summed E-state index contributed by atoms with van der Waals surface area (Å²) < 4.78 is 0. The second-order valence-electron chi connectivity index (χ2n) is 5.82. The predicted molar refractivity (Wildman–Crippen MR) is 92.8 cm³/mol. The number of rotatable bonds is 2. The highest BCUT2D eigenvalue weighted by atomic mass is 16.4. The Labute approximate surface area is 137 Å². The fraction of sp³-hybridized carbons (Fsp3) is 0.111. The van der Waals surface area contributed by atoms with Gasteiger partial charge >= 0.3 is 5.97 Å². The van der Waals surface area contributed by atoms with Gasteiger partial charge < -0.3 is 20.1 Å². The minimum absolute atomic E-state index is 0.000861. The van der Waals surface area contributed by atoms with Crippen LogP contribution in [0.1, 0.15) is 15.9 Å². The van der Waals surface area contributed by atoms with Gasteiger partial charge in [0.25, 0.3) is 0 Å². The van der Waals surface area contributed by atoms with Crippen LogP contribution in [0, 0.1) is 0 Å². The fourth-order valence-electron chi connectivity index (χ4n) is 3.11. The van der Waals surface area contributed by atoms with Gasteiger partial charge in [-0.3, -0.25) is 0 Å². The van der Waals surface area contributed by atoms with Crippen LogP contribution >= 0.6 is 0 Å². The highest BCUT2D eigenvalue weighted by Crippen LogP contribution is 2.36. The molecule has 3 N–H and O–H groups in total. The molecule has 0 saturated heterocycles. The molecule has 0 radical (unpaired) electrons. The molecule has 0 spiro atoms. The lowest BCUT2D eigenvalue weighted by molar-refractivity contribution is 0.0697. The molecule has 0 amide bonds. The smallest absolute Gasteiger partial charge is 0.335 e. The average molecular weight is 321 g/mol. The number of fused-ring (bicyclic) bond motifs is 2. The lowest BCUT2D eigenvalue weighted by Crippen LogP contribution is -2.28. The van der Waals surface area contributed by atoms with E-state index >= 15 is 0 Å². The standard InChI is InChI=1S/C18H15N3O3/c1-21-9-14(19-13-4-2-3-5-15(13)21)16-11-8-10(18(23)24)6-7-12(11)20-17(16)22/h2-8,20,22H,9H2,1H3,(H,23,24). The number of anilines is 1. The molecule has 6 heteroatoms. The third kappa shape index (κ3) is 2.11. The molecule has 0 aliphatic carbocycles. The topological polar surface area (TPSA) is 88.9 Å². The highest BCUT2D eigenvalue weighted by molar-refractivity contribution is 6.17. The molecule has 24 heavy (non-hydrogen) atoms. The van der Waals surface area contributed by atoms with Gasteiger partial charge in [0.05, 0.1) is 34.8 Å². The number of benzene rings is 2. The van der Waals surface area contributed by atoms with Crippen molar-refractivity contribution in [1.82, 2.24) is 4.98 Å². The number of para-hydroxylation sites is 2. The molecule has 4 rings (SSSR count). The van der Waals surface area contributed by atoms with E-state index < -0.39 is 5.97 Å². The molecule has 0 saturated carbocycles. The predicted octanol–water partition coefficient (Wildman–Crippen LogP) is 3.14. The summed E-state index contributed by atoms with van der Waals surface area (Å²) in [4.78, 5) is 20.9. The fourth-order valence-corrected chi connectivity index (χ4v) is 3.11. The maximum absolute atomic E-state index is 11.2. The number of carboxylic acids is 1. The summed E-state index contributed by atoms with van der Waals surface area (Å²) in [6.45, 7) is 0.523. The zero-order chi connectivity index (χ0) is 16.8. The van der Waals surface area contributed by atoms with Crippen LogP contribution < -0.4 is 4.90 Å². The van der Waals surface area contributed by atoms with E-state index in [1.165, 1.54) is 6.07 Å². The Hall–Kier alpha value is -3.28. The number of aromatic carboxylic acids is 1. The molecule has 3 aromatic rings. The number of aromatic hydroxyl groups is 1. The van der Waals surface area contributed by atoms with Crippen molar-refractivity contribution in [3.63, 3.8) is 0 Å². The van der Waals surface area contributed by atoms with Gasteiger partial charge in [-0.25, -0.2) is 9.79 Å². The van der Waals surface area contributed by atoms with Gasteiger partial charge in [-0.15, -0.1) is 0 Å². The van der Waals surface area contributed by atoms with Crippen molar-refractivity contribution in [3.05, 3.63) is 53.6 Å². The number of nitrogens with zero attached hydrogens (tertiary/aromatic N) is 2. The molecule has 1 aliphatic rings. The lowest BCUT2D eigenvalue weighted by Gasteiger charge is -2.26. The van der Waals surface area contributed by atoms with E-state index in [1.54, 1.807) is 12.1 Å². The molecular formula is C18H15N3O3. The van der Waals surface area contributed by atoms with Crippen molar-refractivity contribution in [1.29, 1.82) is 0 Å². The molecule has 6 nitrogen and oxygen atoms in total. The van der Waals surface area contributed by atoms with Gasteiger partial charge in [0.15, 0.2) is 5.88 Å². The van der Waals surface area contributed by atoms with Crippen LogP contribution in [0.15, 0.2) is 47.5 Å². The summed E-state index contributed by atoms with van der Waals surface area (Å²) in [6, 6.07) is 12.5. The minimum Gasteiger partial charge on any atom is -0.494 e. The first-order chi connectivity index (χ1) is 11.5. The number of aromatic amines is 1. The quantitative estimate of drug-likeness (QED) is 0.676. The van der Waals surface area contributed by atoms with Crippen LogP contribution in [-0.2, 0) is 0 Å². The van der Waals surface area contributed by atoms with Gasteiger partial charge in [0, 0.05) is 18.0 Å². The van der Waals surface area contributed by atoms with E-state index in [9.17, 15) is 15.0 Å². The number of hydrogen-bond donors (Lipinski definition) is 3. The van der Waals surface area contributed by atoms with Crippen LogP contribution in [0.3, 0.4) is 0 Å². The molecule has 120 valence electrons. The molecule has 2 heterocycles. The van der Waals surface area contributed by atoms with Crippen LogP contribution in [0.4, 0.5) is 11.4 Å². The third-order valence-corrected chi connectivity index (χ3v) is 4.25. The molecular weight excluding hydrogens is 306 g/mol. The van der Waals surface area contributed by atoms with E-state index in [1.807, 2.05) is 31.3 Å². The summed E-state index contributed by atoms with van der Waals surface area (Å²) in [5, 5.41) is 20.2.